The van der Waals surface area contributed by atoms with Crippen molar-refractivity contribution < 1.29 is 17.6 Å². The first-order valence-electron chi connectivity index (χ1n) is 10.6. The van der Waals surface area contributed by atoms with Crippen LogP contribution >= 0.6 is 0 Å². The number of hydrogen-bond donors (Lipinski definition) is 2. The van der Waals surface area contributed by atoms with Crippen LogP contribution in [0.25, 0.3) is 5.69 Å². The van der Waals surface area contributed by atoms with Crippen LogP contribution < -0.4 is 10.0 Å². The lowest BCUT2D eigenvalue weighted by Crippen LogP contribution is -2.22. The number of aryl methyl sites for hydroxylation is 1. The number of nitrogens with one attached hydrogen (secondary N) is 2. The molecule has 0 radical (unpaired) electrons. The maximum atomic E-state index is 13.2. The Morgan fingerprint density at radius 2 is 1.88 bits per heavy atom. The smallest absolute Gasteiger partial charge is 0.263 e. The zero-order chi connectivity index (χ0) is 23.4. The minimum atomic E-state index is -3.53. The van der Waals surface area contributed by atoms with Gasteiger partial charge < -0.3 is 5.32 Å². The molecule has 1 amide bonds. The number of unbranched alkanes of at least 4 members (excludes halogenated alkanes) is 2. The number of aromatic nitrogens is 2. The maximum absolute atomic E-state index is 13.2. The third-order valence-corrected chi connectivity index (χ3v) is 6.56. The fourth-order valence-electron chi connectivity index (χ4n) is 3.59. The molecule has 2 heterocycles. The van der Waals surface area contributed by atoms with Gasteiger partial charge in [-0.3, -0.25) is 14.5 Å². The SMILES string of the molecule is Cc1cc(NC(=O)CCCCCN=C2NS(=O)(=O)c3ccccc32)n(-c2ccc(F)cc2)n1. The Morgan fingerprint density at radius 3 is 2.67 bits per heavy atom. The molecule has 1 aromatic heterocycles. The molecule has 3 aromatic rings. The molecule has 0 bridgehead atoms. The van der Waals surface area contributed by atoms with Crippen molar-refractivity contribution in [2.24, 2.45) is 4.99 Å². The largest absolute Gasteiger partial charge is 0.311 e. The molecule has 33 heavy (non-hydrogen) atoms. The number of aliphatic imine (C=N–C) groups is 1. The number of amides is 1. The van der Waals surface area contributed by atoms with Gasteiger partial charge in [-0.15, -0.1) is 0 Å². The van der Waals surface area contributed by atoms with E-state index in [9.17, 15) is 17.6 Å². The number of carbonyl (C=O) groups is 1. The van der Waals surface area contributed by atoms with Crippen molar-refractivity contribution >= 4 is 27.6 Å². The summed E-state index contributed by atoms with van der Waals surface area (Å²) in [5, 5.41) is 7.23. The molecule has 2 N–H and O–H groups in total. The number of hydrogen-bond acceptors (Lipinski definition) is 5. The predicted octanol–water partition coefficient (Wildman–Crippen LogP) is 3.56. The van der Waals surface area contributed by atoms with Crippen LogP contribution in [0, 0.1) is 12.7 Å². The van der Waals surface area contributed by atoms with Gasteiger partial charge in [-0.2, -0.15) is 5.10 Å². The van der Waals surface area contributed by atoms with Gasteiger partial charge >= 0.3 is 0 Å². The second-order valence-electron chi connectivity index (χ2n) is 7.75. The summed E-state index contributed by atoms with van der Waals surface area (Å²) in [5.74, 6) is 0.422. The minimum absolute atomic E-state index is 0.137. The normalized spacial score (nSPS) is 15.3. The summed E-state index contributed by atoms with van der Waals surface area (Å²) in [5.41, 5.74) is 1.98. The molecule has 0 saturated carbocycles. The molecule has 0 fully saturated rings. The molecule has 0 spiro atoms. The molecule has 8 nitrogen and oxygen atoms in total. The fourth-order valence-corrected chi connectivity index (χ4v) is 4.84. The summed E-state index contributed by atoms with van der Waals surface area (Å²) in [7, 11) is -3.53. The van der Waals surface area contributed by atoms with Crippen LogP contribution in [0.3, 0.4) is 0 Å². The molecule has 10 heteroatoms. The van der Waals surface area contributed by atoms with E-state index in [1.165, 1.54) is 12.1 Å². The third kappa shape index (κ3) is 5.28. The van der Waals surface area contributed by atoms with Crippen molar-refractivity contribution in [2.75, 3.05) is 11.9 Å². The molecule has 1 aliphatic heterocycles. The number of nitrogens with zero attached hydrogens (tertiary/aromatic N) is 3. The van der Waals surface area contributed by atoms with Crippen LogP contribution in [0.2, 0.25) is 0 Å². The molecule has 0 saturated heterocycles. The standard InChI is InChI=1S/C23H24FN5O3S/c1-16-15-21(29(27-16)18-12-10-17(24)11-13-18)26-22(30)9-3-2-6-14-25-23-19-7-4-5-8-20(19)33(31,32)28-23/h4-5,7-8,10-13,15H,2-3,6,9,14H2,1H3,(H,25,28)(H,26,30). The van der Waals surface area contributed by atoms with Crippen LogP contribution in [-0.4, -0.2) is 36.5 Å². The number of fused-ring (bicyclic) bond motifs is 1. The first-order valence-corrected chi connectivity index (χ1v) is 12.1. The highest BCUT2D eigenvalue weighted by Gasteiger charge is 2.29. The summed E-state index contributed by atoms with van der Waals surface area (Å²) >= 11 is 0. The maximum Gasteiger partial charge on any atom is 0.263 e. The van der Waals surface area contributed by atoms with Crippen LogP contribution in [0.4, 0.5) is 10.2 Å². The minimum Gasteiger partial charge on any atom is -0.311 e. The molecular weight excluding hydrogens is 445 g/mol. The number of anilines is 1. The summed E-state index contributed by atoms with van der Waals surface area (Å²) in [4.78, 5) is 17.0. The van der Waals surface area contributed by atoms with Crippen molar-refractivity contribution in [1.82, 2.24) is 14.5 Å². The van der Waals surface area contributed by atoms with E-state index in [-0.39, 0.29) is 16.6 Å². The summed E-state index contributed by atoms with van der Waals surface area (Å²) < 4.78 is 41.4. The first-order chi connectivity index (χ1) is 15.8. The van der Waals surface area contributed by atoms with E-state index in [0.29, 0.717) is 42.3 Å². The molecule has 0 atom stereocenters. The Morgan fingerprint density at radius 1 is 1.12 bits per heavy atom. The van der Waals surface area contributed by atoms with Gasteiger partial charge in [-0.05, 0) is 56.2 Å². The first kappa shape index (κ1) is 22.7. The zero-order valence-corrected chi connectivity index (χ0v) is 18.9. The Hall–Kier alpha value is -3.53. The second-order valence-corrected chi connectivity index (χ2v) is 9.40. The number of carbonyl (C=O) groups excluding carboxylic acids is 1. The van der Waals surface area contributed by atoms with E-state index in [1.807, 2.05) is 6.92 Å². The highest BCUT2D eigenvalue weighted by Crippen LogP contribution is 2.22. The second kappa shape index (κ2) is 9.53. The number of benzene rings is 2. The molecule has 0 aliphatic carbocycles. The van der Waals surface area contributed by atoms with E-state index in [4.69, 9.17) is 0 Å². The topological polar surface area (TPSA) is 105 Å². The van der Waals surface area contributed by atoms with Gasteiger partial charge in [0.1, 0.15) is 17.5 Å². The van der Waals surface area contributed by atoms with Gasteiger partial charge in [0.2, 0.25) is 5.91 Å². The Balaban J connectivity index is 1.25. The number of rotatable bonds is 8. The highest BCUT2D eigenvalue weighted by atomic mass is 32.2. The lowest BCUT2D eigenvalue weighted by atomic mass is 10.2. The zero-order valence-electron chi connectivity index (χ0n) is 18.1. The van der Waals surface area contributed by atoms with E-state index < -0.39 is 10.0 Å². The monoisotopic (exact) mass is 469 g/mol. The van der Waals surface area contributed by atoms with Crippen molar-refractivity contribution in [3.8, 4) is 5.69 Å². The quantitative estimate of drug-likeness (QED) is 0.492. The molecule has 4 rings (SSSR count). The lowest BCUT2D eigenvalue weighted by Gasteiger charge is -2.09. The average Bonchev–Trinajstić information content (AvgIpc) is 3.27. The average molecular weight is 470 g/mol. The molecular formula is C23H24FN5O3S. The van der Waals surface area contributed by atoms with E-state index >= 15 is 0 Å². The van der Waals surface area contributed by atoms with Crippen LogP contribution in [0.5, 0.6) is 0 Å². The van der Waals surface area contributed by atoms with Gasteiger partial charge in [0.15, 0.2) is 0 Å². The fraction of sp³-hybridized carbons (Fsp3) is 0.261. The van der Waals surface area contributed by atoms with E-state index in [1.54, 1.807) is 47.1 Å². The molecule has 2 aromatic carbocycles. The molecule has 0 unspecified atom stereocenters. The van der Waals surface area contributed by atoms with Gasteiger partial charge in [-0.25, -0.2) is 17.5 Å². The third-order valence-electron chi connectivity index (χ3n) is 5.16. The van der Waals surface area contributed by atoms with E-state index in [0.717, 1.165) is 18.5 Å². The van der Waals surface area contributed by atoms with Crippen LogP contribution in [-0.2, 0) is 14.8 Å². The van der Waals surface area contributed by atoms with Crippen molar-refractivity contribution in [3.63, 3.8) is 0 Å². The van der Waals surface area contributed by atoms with Crippen molar-refractivity contribution in [3.05, 3.63) is 71.7 Å². The Kier molecular flexibility index (Phi) is 6.55. The van der Waals surface area contributed by atoms with Gasteiger partial charge in [0.05, 0.1) is 16.3 Å². The van der Waals surface area contributed by atoms with E-state index in [2.05, 4.69) is 20.1 Å². The Bertz CT molecular complexity index is 1300. The predicted molar refractivity (Wildman–Crippen MR) is 124 cm³/mol. The molecule has 1 aliphatic rings. The summed E-state index contributed by atoms with van der Waals surface area (Å²) in [6.07, 6.45) is 2.50. The highest BCUT2D eigenvalue weighted by molar-refractivity contribution is 7.90. The number of halogens is 1. The van der Waals surface area contributed by atoms with Crippen molar-refractivity contribution in [2.45, 2.75) is 37.5 Å². The van der Waals surface area contributed by atoms with Gasteiger partial charge in [0, 0.05) is 24.6 Å². The number of amidine groups is 1. The summed E-state index contributed by atoms with van der Waals surface area (Å²) in [6, 6.07) is 14.4. The number of sulfonamides is 1. The van der Waals surface area contributed by atoms with Gasteiger partial charge in [0.25, 0.3) is 10.0 Å². The Labute approximate surface area is 191 Å². The van der Waals surface area contributed by atoms with Crippen molar-refractivity contribution in [1.29, 1.82) is 0 Å². The van der Waals surface area contributed by atoms with Gasteiger partial charge in [-0.1, -0.05) is 18.6 Å². The summed E-state index contributed by atoms with van der Waals surface area (Å²) in [6.45, 7) is 2.28. The lowest BCUT2D eigenvalue weighted by molar-refractivity contribution is -0.116. The molecule has 172 valence electrons. The van der Waals surface area contributed by atoms with Crippen LogP contribution in [0.1, 0.15) is 36.9 Å². The van der Waals surface area contributed by atoms with Crippen LogP contribution in [0.15, 0.2) is 64.5 Å².